The van der Waals surface area contributed by atoms with Gasteiger partial charge in [0.1, 0.15) is 29.4 Å². The lowest BCUT2D eigenvalue weighted by Crippen LogP contribution is -2.26. The number of phenolic OH excluding ortho intramolecular Hbond substituents is 1. The van der Waals surface area contributed by atoms with E-state index in [4.69, 9.17) is 0 Å². The minimum absolute atomic E-state index is 0.212. The van der Waals surface area contributed by atoms with Gasteiger partial charge in [0.15, 0.2) is 0 Å². The Kier molecular flexibility index (Phi) is 6.12. The van der Waals surface area contributed by atoms with Crippen LogP contribution in [-0.2, 0) is 6.42 Å². The maximum Gasteiger partial charge on any atom is 0.271 e. The summed E-state index contributed by atoms with van der Waals surface area (Å²) in [5.74, 6) is 0.192. The van der Waals surface area contributed by atoms with E-state index in [1.54, 1.807) is 47.6 Å². The highest BCUT2D eigenvalue weighted by Crippen LogP contribution is 2.21. The number of phenols is 1. The number of halogens is 1. The summed E-state index contributed by atoms with van der Waals surface area (Å²) in [4.78, 5) is 21.1. The Bertz CT molecular complexity index is 1240. The fourth-order valence-corrected chi connectivity index (χ4v) is 3.24. The Morgan fingerprint density at radius 2 is 1.91 bits per heavy atom. The van der Waals surface area contributed by atoms with Crippen molar-refractivity contribution in [2.24, 2.45) is 0 Å². The van der Waals surface area contributed by atoms with Crippen LogP contribution in [0.2, 0.25) is 0 Å². The molecule has 7 nitrogen and oxygen atoms in total. The number of para-hydroxylation sites is 1. The summed E-state index contributed by atoms with van der Waals surface area (Å²) >= 11 is 0. The number of nitrogens with zero attached hydrogens (tertiary/aromatic N) is 3. The molecule has 2 aromatic heterocycles. The number of hydrogen-bond acceptors (Lipinski definition) is 5. The second-order valence-corrected chi connectivity index (χ2v) is 7.29. The smallest absolute Gasteiger partial charge is 0.271 e. The zero-order chi connectivity index (χ0) is 22.5. The fraction of sp³-hybridized carbons (Fsp3) is 0.125. The van der Waals surface area contributed by atoms with Gasteiger partial charge in [-0.25, -0.2) is 14.4 Å². The highest BCUT2D eigenvalue weighted by atomic mass is 19.1. The van der Waals surface area contributed by atoms with E-state index in [9.17, 15) is 14.3 Å². The van der Waals surface area contributed by atoms with E-state index in [0.29, 0.717) is 24.5 Å². The zero-order valence-corrected chi connectivity index (χ0v) is 17.4. The van der Waals surface area contributed by atoms with Gasteiger partial charge in [-0.3, -0.25) is 4.79 Å². The number of pyridine rings is 1. The lowest BCUT2D eigenvalue weighted by molar-refractivity contribution is 0.0949. The number of imidazole rings is 1. The lowest BCUT2D eigenvalue weighted by atomic mass is 10.1. The predicted molar refractivity (Wildman–Crippen MR) is 120 cm³/mol. The average Bonchev–Trinajstić information content (AvgIpc) is 3.28. The Hall–Kier alpha value is -4.20. The number of carbonyl (C=O) groups is 1. The normalized spacial score (nSPS) is 10.7. The highest BCUT2D eigenvalue weighted by Gasteiger charge is 2.12. The Balaban J connectivity index is 1.43. The topological polar surface area (TPSA) is 92.1 Å². The summed E-state index contributed by atoms with van der Waals surface area (Å²) in [6.45, 7) is 2.29. The Morgan fingerprint density at radius 1 is 1.12 bits per heavy atom. The third-order valence-electron chi connectivity index (χ3n) is 4.96. The van der Waals surface area contributed by atoms with Gasteiger partial charge in [-0.1, -0.05) is 18.2 Å². The van der Waals surface area contributed by atoms with E-state index in [2.05, 4.69) is 20.6 Å². The third-order valence-corrected chi connectivity index (χ3v) is 4.96. The third kappa shape index (κ3) is 4.92. The molecule has 8 heteroatoms. The van der Waals surface area contributed by atoms with E-state index in [-0.39, 0.29) is 23.2 Å². The van der Waals surface area contributed by atoms with E-state index in [1.165, 1.54) is 12.1 Å². The molecule has 0 unspecified atom stereocenters. The van der Waals surface area contributed by atoms with E-state index in [0.717, 1.165) is 16.8 Å². The van der Waals surface area contributed by atoms with Crippen LogP contribution < -0.4 is 10.6 Å². The molecule has 0 fully saturated rings. The van der Waals surface area contributed by atoms with Crippen molar-refractivity contribution >= 4 is 17.4 Å². The van der Waals surface area contributed by atoms with Crippen LogP contribution in [0, 0.1) is 12.7 Å². The highest BCUT2D eigenvalue weighted by molar-refractivity contribution is 5.92. The molecular formula is C24H22FN5O2. The molecule has 0 saturated heterocycles. The molecular weight excluding hydrogens is 409 g/mol. The van der Waals surface area contributed by atoms with Crippen LogP contribution >= 0.6 is 0 Å². The van der Waals surface area contributed by atoms with Crippen molar-refractivity contribution in [1.82, 2.24) is 19.9 Å². The number of aromatic nitrogens is 3. The summed E-state index contributed by atoms with van der Waals surface area (Å²) in [5.41, 5.74) is 3.48. The molecule has 32 heavy (non-hydrogen) atoms. The van der Waals surface area contributed by atoms with Crippen LogP contribution in [0.3, 0.4) is 0 Å². The number of rotatable bonds is 7. The summed E-state index contributed by atoms with van der Waals surface area (Å²) < 4.78 is 14.9. The standard InChI is InChI=1S/C24H22FN5O2/c1-16-13-27-23(29-19-8-6-18(25)7-9-19)12-21(16)30-14-20(28-15-30)24(32)26-11-10-17-4-2-3-5-22(17)31/h2-9,12-15,31H,10-11H2,1H3,(H,26,32)(H,27,29). The van der Waals surface area contributed by atoms with Gasteiger partial charge in [0, 0.05) is 30.7 Å². The van der Waals surface area contributed by atoms with Gasteiger partial charge < -0.3 is 20.3 Å². The van der Waals surface area contributed by atoms with Gasteiger partial charge in [0.05, 0.1) is 5.69 Å². The van der Waals surface area contributed by atoms with Crippen molar-refractivity contribution in [3.05, 3.63) is 96.0 Å². The van der Waals surface area contributed by atoms with Crippen LogP contribution in [0.4, 0.5) is 15.9 Å². The maximum atomic E-state index is 13.1. The molecule has 0 bridgehead atoms. The van der Waals surface area contributed by atoms with Gasteiger partial charge in [-0.05, 0) is 54.8 Å². The molecule has 4 aromatic rings. The lowest BCUT2D eigenvalue weighted by Gasteiger charge is -2.10. The molecule has 3 N–H and O–H groups in total. The van der Waals surface area contributed by atoms with E-state index >= 15 is 0 Å². The first-order valence-electron chi connectivity index (χ1n) is 10.1. The molecule has 1 amide bonds. The van der Waals surface area contributed by atoms with E-state index < -0.39 is 0 Å². The molecule has 0 saturated carbocycles. The van der Waals surface area contributed by atoms with Crippen molar-refractivity contribution in [2.75, 3.05) is 11.9 Å². The van der Waals surface area contributed by atoms with Gasteiger partial charge in [0.2, 0.25) is 0 Å². The summed E-state index contributed by atoms with van der Waals surface area (Å²) in [6, 6.07) is 14.9. The largest absolute Gasteiger partial charge is 0.508 e. The quantitative estimate of drug-likeness (QED) is 0.409. The molecule has 2 heterocycles. The molecule has 0 spiro atoms. The van der Waals surface area contributed by atoms with Crippen molar-refractivity contribution in [1.29, 1.82) is 0 Å². The fourth-order valence-electron chi connectivity index (χ4n) is 3.24. The number of nitrogens with one attached hydrogen (secondary N) is 2. The van der Waals surface area contributed by atoms with Gasteiger partial charge in [0.25, 0.3) is 5.91 Å². The molecule has 162 valence electrons. The number of benzene rings is 2. The zero-order valence-electron chi connectivity index (χ0n) is 17.4. The molecule has 0 aliphatic heterocycles. The maximum absolute atomic E-state index is 13.1. The number of anilines is 2. The van der Waals surface area contributed by atoms with E-state index in [1.807, 2.05) is 25.1 Å². The van der Waals surface area contributed by atoms with Crippen LogP contribution in [0.1, 0.15) is 21.6 Å². The molecule has 0 radical (unpaired) electrons. The Labute approximate surface area is 184 Å². The van der Waals surface area contributed by atoms with Crippen molar-refractivity contribution in [3.8, 4) is 11.4 Å². The number of amides is 1. The number of carbonyl (C=O) groups excluding carboxylic acids is 1. The first kappa shape index (κ1) is 21.0. The van der Waals surface area contributed by atoms with Crippen LogP contribution in [-0.4, -0.2) is 32.1 Å². The molecule has 0 aliphatic rings. The number of aromatic hydroxyl groups is 1. The molecule has 0 atom stereocenters. The molecule has 4 rings (SSSR count). The molecule has 2 aromatic carbocycles. The molecule has 0 aliphatic carbocycles. The number of hydrogen-bond donors (Lipinski definition) is 3. The van der Waals surface area contributed by atoms with Crippen molar-refractivity contribution < 1.29 is 14.3 Å². The predicted octanol–water partition coefficient (Wildman–Crippen LogP) is 4.14. The Morgan fingerprint density at radius 3 is 2.69 bits per heavy atom. The van der Waals surface area contributed by atoms with Gasteiger partial charge >= 0.3 is 0 Å². The van der Waals surface area contributed by atoms with Gasteiger partial charge in [-0.2, -0.15) is 0 Å². The second-order valence-electron chi connectivity index (χ2n) is 7.29. The summed E-state index contributed by atoms with van der Waals surface area (Å²) in [7, 11) is 0. The van der Waals surface area contributed by atoms with Crippen molar-refractivity contribution in [3.63, 3.8) is 0 Å². The minimum Gasteiger partial charge on any atom is -0.508 e. The summed E-state index contributed by atoms with van der Waals surface area (Å²) in [6.07, 6.45) is 5.45. The van der Waals surface area contributed by atoms with Crippen LogP contribution in [0.15, 0.2) is 73.3 Å². The minimum atomic E-state index is -0.308. The van der Waals surface area contributed by atoms with Crippen LogP contribution in [0.5, 0.6) is 5.75 Å². The van der Waals surface area contributed by atoms with Gasteiger partial charge in [-0.15, -0.1) is 0 Å². The first-order valence-corrected chi connectivity index (χ1v) is 10.1. The average molecular weight is 431 g/mol. The monoisotopic (exact) mass is 431 g/mol. The summed E-state index contributed by atoms with van der Waals surface area (Å²) in [5, 5.41) is 15.8. The van der Waals surface area contributed by atoms with Crippen molar-refractivity contribution in [2.45, 2.75) is 13.3 Å². The number of aryl methyl sites for hydroxylation is 1. The first-order chi connectivity index (χ1) is 15.5. The SMILES string of the molecule is Cc1cnc(Nc2ccc(F)cc2)cc1-n1cnc(C(=O)NCCc2ccccc2O)c1. The van der Waals surface area contributed by atoms with Crippen LogP contribution in [0.25, 0.3) is 5.69 Å². The second kappa shape index (κ2) is 9.30.